The summed E-state index contributed by atoms with van der Waals surface area (Å²) in [6.45, 7) is 6.28. The van der Waals surface area contributed by atoms with Gasteiger partial charge in [0.25, 0.3) is 0 Å². The van der Waals surface area contributed by atoms with Gasteiger partial charge in [0, 0.05) is 49.6 Å². The maximum absolute atomic E-state index is 12.8. The molecule has 0 unspecified atom stereocenters. The fourth-order valence-corrected chi connectivity index (χ4v) is 6.21. The van der Waals surface area contributed by atoms with E-state index in [4.69, 9.17) is 0 Å². The summed E-state index contributed by atoms with van der Waals surface area (Å²) < 4.78 is 1.91. The summed E-state index contributed by atoms with van der Waals surface area (Å²) in [5.41, 5.74) is 2.17. The Balaban J connectivity index is 1.34. The number of likely N-dealkylation sites (tertiary alicyclic amines) is 1. The molecule has 2 heterocycles. The van der Waals surface area contributed by atoms with Crippen LogP contribution in [0, 0.1) is 25.2 Å². The third-order valence-corrected chi connectivity index (χ3v) is 7.86. The summed E-state index contributed by atoms with van der Waals surface area (Å²) in [6, 6.07) is 2.36. The fourth-order valence-electron chi connectivity index (χ4n) is 6.21. The van der Waals surface area contributed by atoms with Crippen molar-refractivity contribution in [3.8, 4) is 0 Å². The fraction of sp³-hybridized carbons (Fsp3) is 0.792. The molecule has 1 aromatic rings. The number of piperidine rings is 1. The number of aryl methyl sites for hydroxylation is 3. The van der Waals surface area contributed by atoms with Crippen LogP contribution in [0.1, 0.15) is 82.0 Å². The minimum Gasteiger partial charge on any atom is -0.355 e. The Labute approximate surface area is 180 Å². The lowest BCUT2D eigenvalue weighted by Gasteiger charge is -2.47. The largest absolute Gasteiger partial charge is 0.355 e. The van der Waals surface area contributed by atoms with Crippen LogP contribution in [-0.4, -0.2) is 45.6 Å². The zero-order chi connectivity index (χ0) is 21.1. The van der Waals surface area contributed by atoms with E-state index in [1.54, 1.807) is 0 Å². The van der Waals surface area contributed by atoms with Gasteiger partial charge in [-0.15, -0.1) is 0 Å². The summed E-state index contributed by atoms with van der Waals surface area (Å²) in [5, 5.41) is 7.68. The number of nitrogens with one attached hydrogen (secondary N) is 1. The lowest BCUT2D eigenvalue weighted by molar-refractivity contribution is -0.143. The summed E-state index contributed by atoms with van der Waals surface area (Å²) >= 11 is 0. The van der Waals surface area contributed by atoms with Crippen LogP contribution < -0.4 is 5.32 Å². The molecule has 0 bridgehead atoms. The Morgan fingerprint density at radius 2 is 1.97 bits per heavy atom. The van der Waals surface area contributed by atoms with E-state index in [9.17, 15) is 9.59 Å². The molecule has 4 rings (SSSR count). The van der Waals surface area contributed by atoms with Gasteiger partial charge in [0.1, 0.15) is 0 Å². The van der Waals surface area contributed by atoms with Crippen LogP contribution in [-0.2, 0) is 16.1 Å². The van der Waals surface area contributed by atoms with Gasteiger partial charge >= 0.3 is 0 Å². The lowest BCUT2D eigenvalue weighted by Crippen LogP contribution is -2.57. The van der Waals surface area contributed by atoms with Crippen molar-refractivity contribution in [3.05, 3.63) is 17.5 Å². The van der Waals surface area contributed by atoms with Crippen molar-refractivity contribution in [2.24, 2.45) is 11.3 Å². The first kappa shape index (κ1) is 21.4. The lowest BCUT2D eigenvalue weighted by atomic mass is 9.74. The van der Waals surface area contributed by atoms with Gasteiger partial charge in [0.05, 0.1) is 5.69 Å². The second-order valence-electron chi connectivity index (χ2n) is 10.00. The minimum absolute atomic E-state index is 0.0798. The molecule has 2 aliphatic carbocycles. The first-order valence-corrected chi connectivity index (χ1v) is 12.0. The van der Waals surface area contributed by atoms with Crippen LogP contribution in [0.15, 0.2) is 6.07 Å². The molecule has 166 valence electrons. The van der Waals surface area contributed by atoms with E-state index in [-0.39, 0.29) is 11.3 Å². The van der Waals surface area contributed by atoms with Crippen LogP contribution in [0.5, 0.6) is 0 Å². The molecule has 3 fully saturated rings. The quantitative estimate of drug-likeness (QED) is 0.739. The summed E-state index contributed by atoms with van der Waals surface area (Å²) in [4.78, 5) is 27.6. The topological polar surface area (TPSA) is 67.2 Å². The van der Waals surface area contributed by atoms with E-state index in [0.29, 0.717) is 43.8 Å². The van der Waals surface area contributed by atoms with Gasteiger partial charge < -0.3 is 10.2 Å². The Morgan fingerprint density at radius 3 is 2.70 bits per heavy atom. The Hall–Kier alpha value is -1.85. The van der Waals surface area contributed by atoms with Gasteiger partial charge in [-0.25, -0.2) is 0 Å². The van der Waals surface area contributed by atoms with E-state index >= 15 is 0 Å². The second kappa shape index (κ2) is 9.11. The maximum Gasteiger partial charge on any atom is 0.222 e. The van der Waals surface area contributed by atoms with Crippen molar-refractivity contribution in [1.82, 2.24) is 20.0 Å². The molecule has 1 saturated heterocycles. The zero-order valence-corrected chi connectivity index (χ0v) is 18.8. The first-order chi connectivity index (χ1) is 14.5. The van der Waals surface area contributed by atoms with Gasteiger partial charge in [-0.05, 0) is 57.9 Å². The highest BCUT2D eigenvalue weighted by molar-refractivity contribution is 5.78. The predicted molar refractivity (Wildman–Crippen MR) is 117 cm³/mol. The third-order valence-electron chi connectivity index (χ3n) is 7.86. The van der Waals surface area contributed by atoms with E-state index in [1.807, 2.05) is 24.6 Å². The van der Waals surface area contributed by atoms with Crippen molar-refractivity contribution < 1.29 is 9.59 Å². The minimum atomic E-state index is 0.0798. The highest BCUT2D eigenvalue weighted by atomic mass is 16.2. The molecule has 3 aliphatic rings. The molecule has 2 saturated carbocycles. The standard InChI is InChI=1S/C24H38N4O2/c1-18-15-19(2)28(26-18)14-11-22(29)25-17-24-12-6-9-21(24)27(23(30)10-13-24)16-20-7-4-3-5-8-20/h15,20-21H,3-14,16-17H2,1-2H3,(H,25,29)/t21-,24+/m1/s1. The third kappa shape index (κ3) is 4.57. The summed E-state index contributed by atoms with van der Waals surface area (Å²) in [7, 11) is 0. The Kier molecular flexibility index (Phi) is 6.49. The monoisotopic (exact) mass is 414 g/mol. The molecule has 0 radical (unpaired) electrons. The molecule has 2 amide bonds. The van der Waals surface area contributed by atoms with Gasteiger partial charge in [-0.3, -0.25) is 14.3 Å². The van der Waals surface area contributed by atoms with Crippen molar-refractivity contribution in [2.75, 3.05) is 13.1 Å². The highest BCUT2D eigenvalue weighted by Crippen LogP contribution is 2.48. The van der Waals surface area contributed by atoms with E-state index in [2.05, 4.69) is 15.3 Å². The maximum atomic E-state index is 12.8. The number of carbonyl (C=O) groups is 2. The number of aromatic nitrogens is 2. The smallest absolute Gasteiger partial charge is 0.222 e. The molecular weight excluding hydrogens is 376 g/mol. The van der Waals surface area contributed by atoms with Crippen molar-refractivity contribution in [1.29, 1.82) is 0 Å². The van der Waals surface area contributed by atoms with Gasteiger partial charge in [0.2, 0.25) is 11.8 Å². The number of rotatable bonds is 7. The number of nitrogens with zero attached hydrogens (tertiary/aromatic N) is 3. The van der Waals surface area contributed by atoms with E-state index in [0.717, 1.165) is 37.2 Å². The molecule has 6 nitrogen and oxygen atoms in total. The molecule has 1 aliphatic heterocycles. The molecule has 6 heteroatoms. The van der Waals surface area contributed by atoms with Crippen LogP contribution in [0.2, 0.25) is 0 Å². The molecule has 1 N–H and O–H groups in total. The van der Waals surface area contributed by atoms with Crippen molar-refractivity contribution in [3.63, 3.8) is 0 Å². The SMILES string of the molecule is Cc1cc(C)n(CCC(=O)NC[C@@]23CCC[C@H]2N(CC2CCCCC2)C(=O)CC3)n1. The van der Waals surface area contributed by atoms with Crippen LogP contribution in [0.4, 0.5) is 0 Å². The van der Waals surface area contributed by atoms with Crippen LogP contribution in [0.25, 0.3) is 0 Å². The van der Waals surface area contributed by atoms with Crippen LogP contribution in [0.3, 0.4) is 0 Å². The van der Waals surface area contributed by atoms with Gasteiger partial charge in [0.15, 0.2) is 0 Å². The summed E-state index contributed by atoms with van der Waals surface area (Å²) in [6.07, 6.45) is 11.9. The average molecular weight is 415 g/mol. The number of amides is 2. The molecule has 30 heavy (non-hydrogen) atoms. The molecule has 0 aromatic carbocycles. The number of hydrogen-bond acceptors (Lipinski definition) is 3. The summed E-state index contributed by atoms with van der Waals surface area (Å²) in [5.74, 6) is 1.12. The molecule has 0 spiro atoms. The molecular formula is C24H38N4O2. The second-order valence-corrected chi connectivity index (χ2v) is 10.00. The van der Waals surface area contributed by atoms with Crippen molar-refractivity contribution in [2.45, 2.75) is 97.1 Å². The zero-order valence-electron chi connectivity index (χ0n) is 18.8. The van der Waals surface area contributed by atoms with Crippen LogP contribution >= 0.6 is 0 Å². The Morgan fingerprint density at radius 1 is 1.17 bits per heavy atom. The number of fused-ring (bicyclic) bond motifs is 1. The van der Waals surface area contributed by atoms with Gasteiger partial charge in [-0.2, -0.15) is 5.10 Å². The van der Waals surface area contributed by atoms with E-state index < -0.39 is 0 Å². The highest BCUT2D eigenvalue weighted by Gasteiger charge is 2.50. The first-order valence-electron chi connectivity index (χ1n) is 12.0. The van der Waals surface area contributed by atoms with Crippen molar-refractivity contribution >= 4 is 11.8 Å². The molecule has 2 atom stereocenters. The number of carbonyl (C=O) groups excluding carboxylic acids is 2. The Bertz CT molecular complexity index is 767. The average Bonchev–Trinajstić information content (AvgIpc) is 3.31. The predicted octanol–water partition coefficient (Wildman–Crippen LogP) is 3.75. The molecule has 1 aromatic heterocycles. The normalized spacial score (nSPS) is 27.3. The van der Waals surface area contributed by atoms with Gasteiger partial charge in [-0.1, -0.05) is 25.7 Å². The van der Waals surface area contributed by atoms with E-state index in [1.165, 1.54) is 38.5 Å². The number of hydrogen-bond donors (Lipinski definition) is 1.